The largest absolute Gasteiger partial charge is 0.272 e. The fourth-order valence-electron chi connectivity index (χ4n) is 2.57. The van der Waals surface area contributed by atoms with Gasteiger partial charge in [0.1, 0.15) is 0 Å². The lowest BCUT2D eigenvalue weighted by atomic mass is 10.2. The monoisotopic (exact) mass is 408 g/mol. The maximum absolute atomic E-state index is 13.1. The highest BCUT2D eigenvalue weighted by molar-refractivity contribution is 7.89. The van der Waals surface area contributed by atoms with E-state index in [0.717, 1.165) is 9.87 Å². The molecule has 8 heteroatoms. The number of hydrogen-bond acceptors (Lipinski definition) is 5. The zero-order valence-corrected chi connectivity index (χ0v) is 16.4. The quantitative estimate of drug-likeness (QED) is 0.458. The van der Waals surface area contributed by atoms with E-state index in [1.54, 1.807) is 42.6 Å². The van der Waals surface area contributed by atoms with Gasteiger partial charge in [0.25, 0.3) is 5.91 Å². The summed E-state index contributed by atoms with van der Waals surface area (Å²) in [5.41, 5.74) is 3.71. The molecule has 1 amide bonds. The number of hydrazone groups is 1. The van der Waals surface area contributed by atoms with Crippen LogP contribution in [0.15, 0.2) is 95.1 Å². The molecule has 2 aromatic carbocycles. The zero-order chi connectivity index (χ0) is 20.5. The number of carbonyl (C=O) groups excluding carboxylic acids is 1. The van der Waals surface area contributed by atoms with Gasteiger partial charge >= 0.3 is 0 Å². The first kappa shape index (κ1) is 20.4. The van der Waals surface area contributed by atoms with Gasteiger partial charge in [0.15, 0.2) is 0 Å². The predicted molar refractivity (Wildman–Crippen MR) is 110 cm³/mol. The third kappa shape index (κ3) is 5.81. The van der Waals surface area contributed by atoms with Crippen LogP contribution in [0, 0.1) is 0 Å². The molecule has 7 nitrogen and oxygen atoms in total. The van der Waals surface area contributed by atoms with E-state index in [1.165, 1.54) is 18.3 Å². The van der Waals surface area contributed by atoms with Crippen molar-refractivity contribution in [2.24, 2.45) is 5.10 Å². The number of nitrogens with one attached hydrogen (secondary N) is 1. The third-order valence-electron chi connectivity index (χ3n) is 3.98. The Hall–Kier alpha value is -3.36. The van der Waals surface area contributed by atoms with E-state index in [4.69, 9.17) is 0 Å². The van der Waals surface area contributed by atoms with Gasteiger partial charge in [0, 0.05) is 12.7 Å². The fraction of sp³-hybridized carbons (Fsp3) is 0.0952. The van der Waals surface area contributed by atoms with Crippen molar-refractivity contribution in [3.63, 3.8) is 0 Å². The molecule has 0 radical (unpaired) electrons. The van der Waals surface area contributed by atoms with E-state index in [-0.39, 0.29) is 18.0 Å². The van der Waals surface area contributed by atoms with Gasteiger partial charge in [-0.3, -0.25) is 9.78 Å². The molecule has 0 aliphatic rings. The summed E-state index contributed by atoms with van der Waals surface area (Å²) in [4.78, 5) is 16.6. The fourth-order valence-corrected chi connectivity index (χ4v) is 3.98. The molecule has 0 saturated heterocycles. The van der Waals surface area contributed by atoms with Crippen molar-refractivity contribution in [2.75, 3.05) is 6.54 Å². The minimum atomic E-state index is -3.86. The van der Waals surface area contributed by atoms with E-state index in [2.05, 4.69) is 15.5 Å². The number of amides is 1. The molecule has 0 aliphatic carbocycles. The van der Waals surface area contributed by atoms with E-state index < -0.39 is 15.9 Å². The molecule has 0 spiro atoms. The summed E-state index contributed by atoms with van der Waals surface area (Å²) in [5, 5.41) is 3.85. The van der Waals surface area contributed by atoms with Crippen molar-refractivity contribution in [1.82, 2.24) is 14.7 Å². The lowest BCUT2D eigenvalue weighted by Gasteiger charge is -2.21. The Labute approximate surface area is 169 Å². The van der Waals surface area contributed by atoms with Crippen LogP contribution in [0.4, 0.5) is 0 Å². The molecule has 148 valence electrons. The minimum absolute atomic E-state index is 0.0649. The van der Waals surface area contributed by atoms with Crippen molar-refractivity contribution in [2.45, 2.75) is 11.4 Å². The van der Waals surface area contributed by atoms with Crippen LogP contribution in [-0.4, -0.2) is 36.4 Å². The first-order chi connectivity index (χ1) is 14.1. The highest BCUT2D eigenvalue weighted by atomic mass is 32.2. The minimum Gasteiger partial charge on any atom is -0.272 e. The highest BCUT2D eigenvalue weighted by Crippen LogP contribution is 2.18. The number of nitrogens with zero attached hydrogens (tertiary/aromatic N) is 3. The van der Waals surface area contributed by atoms with Gasteiger partial charge in [-0.2, -0.15) is 9.41 Å². The number of hydrogen-bond donors (Lipinski definition) is 1. The second kappa shape index (κ2) is 9.72. The van der Waals surface area contributed by atoms with Crippen molar-refractivity contribution in [3.8, 4) is 0 Å². The first-order valence-corrected chi connectivity index (χ1v) is 10.3. The van der Waals surface area contributed by atoms with E-state index >= 15 is 0 Å². The van der Waals surface area contributed by atoms with Gasteiger partial charge in [-0.1, -0.05) is 54.6 Å². The van der Waals surface area contributed by atoms with Crippen LogP contribution in [0.1, 0.15) is 11.3 Å². The van der Waals surface area contributed by atoms with E-state index in [0.29, 0.717) is 5.69 Å². The number of rotatable bonds is 8. The summed E-state index contributed by atoms with van der Waals surface area (Å²) < 4.78 is 27.3. The third-order valence-corrected chi connectivity index (χ3v) is 5.78. The van der Waals surface area contributed by atoms with Gasteiger partial charge in [-0.25, -0.2) is 13.8 Å². The number of carbonyl (C=O) groups is 1. The summed E-state index contributed by atoms with van der Waals surface area (Å²) >= 11 is 0. The second-order valence-corrected chi connectivity index (χ2v) is 8.06. The van der Waals surface area contributed by atoms with Crippen LogP contribution >= 0.6 is 0 Å². The average molecular weight is 408 g/mol. The molecule has 0 bridgehead atoms. The Morgan fingerprint density at radius 1 is 0.966 bits per heavy atom. The van der Waals surface area contributed by atoms with Crippen LogP contribution < -0.4 is 5.43 Å². The molecule has 0 fully saturated rings. The summed E-state index contributed by atoms with van der Waals surface area (Å²) in [6, 6.07) is 22.4. The van der Waals surface area contributed by atoms with E-state index in [9.17, 15) is 13.2 Å². The second-order valence-electron chi connectivity index (χ2n) is 6.12. The predicted octanol–water partition coefficient (Wildman–Crippen LogP) is 2.42. The van der Waals surface area contributed by atoms with Gasteiger partial charge in [-0.05, 0) is 29.8 Å². The topological polar surface area (TPSA) is 91.7 Å². The van der Waals surface area contributed by atoms with Gasteiger partial charge < -0.3 is 0 Å². The van der Waals surface area contributed by atoms with Crippen molar-refractivity contribution < 1.29 is 13.2 Å². The van der Waals surface area contributed by atoms with Gasteiger partial charge in [-0.15, -0.1) is 0 Å². The molecule has 0 aliphatic heterocycles. The molecular formula is C21H20N4O3S. The standard InChI is InChI=1S/C21H20N4O3S/c26-21(24-23-15-19-11-7-8-14-22-19)17-25(16-18-9-3-1-4-10-18)29(27,28)20-12-5-2-6-13-20/h1-15H,16-17H2,(H,24,26)/b23-15+. The molecule has 1 N–H and O–H groups in total. The van der Waals surface area contributed by atoms with Crippen molar-refractivity contribution in [3.05, 3.63) is 96.3 Å². The Morgan fingerprint density at radius 2 is 1.62 bits per heavy atom. The number of benzene rings is 2. The summed E-state index contributed by atoms with van der Waals surface area (Å²) in [5.74, 6) is -0.549. The number of aromatic nitrogens is 1. The Bertz CT molecular complexity index is 1060. The molecule has 0 atom stereocenters. The summed E-state index contributed by atoms with van der Waals surface area (Å²) in [7, 11) is -3.86. The Kier molecular flexibility index (Phi) is 6.83. The summed E-state index contributed by atoms with van der Waals surface area (Å²) in [6.07, 6.45) is 3.00. The number of pyridine rings is 1. The van der Waals surface area contributed by atoms with Gasteiger partial charge in [0.2, 0.25) is 10.0 Å². The molecule has 1 aromatic heterocycles. The van der Waals surface area contributed by atoms with Crippen LogP contribution in [0.2, 0.25) is 0 Å². The zero-order valence-electron chi connectivity index (χ0n) is 15.5. The SMILES string of the molecule is O=C(CN(Cc1ccccc1)S(=O)(=O)c1ccccc1)N/N=C/c1ccccn1. The smallest absolute Gasteiger partial charge is 0.255 e. The highest BCUT2D eigenvalue weighted by Gasteiger charge is 2.26. The Balaban J connectivity index is 1.76. The summed E-state index contributed by atoms with van der Waals surface area (Å²) in [6.45, 7) is -0.304. The Morgan fingerprint density at radius 3 is 2.28 bits per heavy atom. The molecule has 0 unspecified atom stereocenters. The van der Waals surface area contributed by atoms with Crippen molar-refractivity contribution >= 4 is 22.1 Å². The van der Waals surface area contributed by atoms with Crippen LogP contribution in [0.25, 0.3) is 0 Å². The van der Waals surface area contributed by atoms with Gasteiger partial charge in [0.05, 0.1) is 23.3 Å². The molecular weight excluding hydrogens is 388 g/mol. The van der Waals surface area contributed by atoms with Crippen LogP contribution in [0.5, 0.6) is 0 Å². The number of sulfonamides is 1. The lowest BCUT2D eigenvalue weighted by molar-refractivity contribution is -0.121. The molecule has 29 heavy (non-hydrogen) atoms. The van der Waals surface area contributed by atoms with Crippen molar-refractivity contribution in [1.29, 1.82) is 0 Å². The molecule has 0 saturated carbocycles. The maximum atomic E-state index is 13.1. The molecule has 3 aromatic rings. The van der Waals surface area contributed by atoms with Crippen LogP contribution in [0.3, 0.4) is 0 Å². The van der Waals surface area contributed by atoms with Crippen LogP contribution in [-0.2, 0) is 21.4 Å². The molecule has 3 rings (SSSR count). The maximum Gasteiger partial charge on any atom is 0.255 e. The lowest BCUT2D eigenvalue weighted by Crippen LogP contribution is -2.39. The molecule has 1 heterocycles. The normalized spacial score (nSPS) is 11.6. The average Bonchev–Trinajstić information content (AvgIpc) is 2.75. The van der Waals surface area contributed by atoms with E-state index in [1.807, 2.05) is 30.3 Å². The first-order valence-electron chi connectivity index (χ1n) is 8.88.